The molecule has 0 atom stereocenters. The molecule has 0 aliphatic heterocycles. The van der Waals surface area contributed by atoms with E-state index in [1.54, 1.807) is 6.20 Å². The number of hydrogen-bond donors (Lipinski definition) is 1. The fraction of sp³-hybridized carbons (Fsp3) is 0.111. The van der Waals surface area contributed by atoms with Crippen LogP contribution in [0.1, 0.15) is 11.3 Å². The van der Waals surface area contributed by atoms with E-state index in [1.165, 1.54) is 16.7 Å². The van der Waals surface area contributed by atoms with Gasteiger partial charge in [0.05, 0.1) is 11.4 Å². The van der Waals surface area contributed by atoms with E-state index < -0.39 is 0 Å². The topological polar surface area (TPSA) is 63.6 Å². The molecular weight excluding hydrogens is 394 g/mol. The molecule has 0 aliphatic carbocycles. The van der Waals surface area contributed by atoms with E-state index in [1.807, 2.05) is 55.8 Å². The normalized spacial score (nSPS) is 10.9. The van der Waals surface area contributed by atoms with Gasteiger partial charge in [-0.3, -0.25) is 15.0 Å². The lowest BCUT2D eigenvalue weighted by molar-refractivity contribution is 1.01. The van der Waals surface area contributed by atoms with Crippen LogP contribution in [0.4, 0.5) is 5.82 Å². The Bertz CT molecular complexity index is 1350. The molecule has 5 aromatic rings. The molecule has 4 heterocycles. The number of aromatic nitrogens is 4. The van der Waals surface area contributed by atoms with E-state index in [9.17, 15) is 0 Å². The maximum absolute atomic E-state index is 4.60. The van der Waals surface area contributed by atoms with Crippen molar-refractivity contribution in [3.63, 3.8) is 0 Å². The zero-order chi connectivity index (χ0) is 21.8. The molecule has 0 amide bonds. The number of nitrogens with zero attached hydrogens (tertiary/aromatic N) is 4. The molecule has 0 saturated carbocycles. The Morgan fingerprint density at radius 2 is 1.59 bits per heavy atom. The first-order valence-corrected chi connectivity index (χ1v) is 10.7. The van der Waals surface area contributed by atoms with Gasteiger partial charge in [0.1, 0.15) is 5.82 Å². The second kappa shape index (κ2) is 8.94. The Kier molecular flexibility index (Phi) is 5.54. The number of anilines is 1. The average molecular weight is 418 g/mol. The predicted molar refractivity (Wildman–Crippen MR) is 129 cm³/mol. The molecular formula is C27H23N5. The lowest BCUT2D eigenvalue weighted by atomic mass is 10.0. The molecule has 0 saturated heterocycles. The third-order valence-electron chi connectivity index (χ3n) is 5.47. The van der Waals surface area contributed by atoms with Crippen molar-refractivity contribution >= 4 is 16.6 Å². The van der Waals surface area contributed by atoms with Crippen LogP contribution in [-0.4, -0.2) is 26.5 Å². The summed E-state index contributed by atoms with van der Waals surface area (Å²) in [6, 6.07) is 22.8. The molecule has 5 heteroatoms. The minimum absolute atomic E-state index is 0.793. The van der Waals surface area contributed by atoms with Crippen molar-refractivity contribution in [3.05, 3.63) is 103 Å². The monoisotopic (exact) mass is 417 g/mol. The molecule has 0 fully saturated rings. The fourth-order valence-electron chi connectivity index (χ4n) is 3.78. The standard InChI is InChI=1S/C27H23N5/c1-19-16-22(10-14-28-19)21-7-5-20(6-8-21)9-13-30-27-24-18-32-26(17-23(24)11-15-31-27)25-4-2-3-12-29-25/h2-8,10-12,14-18H,9,13H2,1H3,(H,30,31). The highest BCUT2D eigenvalue weighted by Crippen LogP contribution is 2.25. The van der Waals surface area contributed by atoms with Gasteiger partial charge in [-0.15, -0.1) is 0 Å². The molecule has 1 N–H and O–H groups in total. The Balaban J connectivity index is 1.27. The number of rotatable bonds is 6. The highest BCUT2D eigenvalue weighted by molar-refractivity contribution is 5.92. The van der Waals surface area contributed by atoms with Gasteiger partial charge in [-0.05, 0) is 71.8 Å². The highest BCUT2D eigenvalue weighted by atomic mass is 15.0. The van der Waals surface area contributed by atoms with Gasteiger partial charge in [-0.2, -0.15) is 0 Å². The molecule has 0 spiro atoms. The summed E-state index contributed by atoms with van der Waals surface area (Å²) < 4.78 is 0. The van der Waals surface area contributed by atoms with Gasteiger partial charge >= 0.3 is 0 Å². The maximum atomic E-state index is 4.60. The molecule has 4 aromatic heterocycles. The van der Waals surface area contributed by atoms with Gasteiger partial charge in [0.2, 0.25) is 0 Å². The minimum Gasteiger partial charge on any atom is -0.369 e. The lowest BCUT2D eigenvalue weighted by Gasteiger charge is -2.10. The van der Waals surface area contributed by atoms with Crippen LogP contribution in [-0.2, 0) is 6.42 Å². The summed E-state index contributed by atoms with van der Waals surface area (Å²) in [6.07, 6.45) is 8.25. The molecule has 5 nitrogen and oxygen atoms in total. The van der Waals surface area contributed by atoms with Crippen molar-refractivity contribution in [2.75, 3.05) is 11.9 Å². The largest absolute Gasteiger partial charge is 0.369 e. The first-order valence-electron chi connectivity index (χ1n) is 10.7. The number of pyridine rings is 4. The van der Waals surface area contributed by atoms with Crippen molar-refractivity contribution in [1.29, 1.82) is 0 Å². The van der Waals surface area contributed by atoms with E-state index >= 15 is 0 Å². The van der Waals surface area contributed by atoms with Crippen LogP contribution in [0.5, 0.6) is 0 Å². The molecule has 0 radical (unpaired) electrons. The van der Waals surface area contributed by atoms with Crippen LogP contribution >= 0.6 is 0 Å². The molecule has 5 rings (SSSR count). The summed E-state index contributed by atoms with van der Waals surface area (Å²) >= 11 is 0. The molecule has 0 aliphatic rings. The maximum Gasteiger partial charge on any atom is 0.135 e. The summed E-state index contributed by atoms with van der Waals surface area (Å²) in [7, 11) is 0. The molecule has 1 aromatic carbocycles. The van der Waals surface area contributed by atoms with Gasteiger partial charge < -0.3 is 5.32 Å². The van der Waals surface area contributed by atoms with Crippen molar-refractivity contribution in [1.82, 2.24) is 19.9 Å². The van der Waals surface area contributed by atoms with Crippen LogP contribution in [0.25, 0.3) is 33.3 Å². The van der Waals surface area contributed by atoms with Gasteiger partial charge in [-0.1, -0.05) is 30.3 Å². The number of hydrogen-bond acceptors (Lipinski definition) is 5. The zero-order valence-electron chi connectivity index (χ0n) is 17.9. The van der Waals surface area contributed by atoms with Crippen molar-refractivity contribution in [3.8, 4) is 22.5 Å². The van der Waals surface area contributed by atoms with Gasteiger partial charge in [0.15, 0.2) is 0 Å². The number of nitrogens with one attached hydrogen (secondary N) is 1. The predicted octanol–water partition coefficient (Wildman–Crippen LogP) is 5.72. The van der Waals surface area contributed by atoms with Crippen LogP contribution in [0, 0.1) is 6.92 Å². The molecule has 156 valence electrons. The number of fused-ring (bicyclic) bond motifs is 1. The van der Waals surface area contributed by atoms with Crippen LogP contribution in [0.2, 0.25) is 0 Å². The first-order chi connectivity index (χ1) is 15.8. The smallest absolute Gasteiger partial charge is 0.135 e. The van der Waals surface area contributed by atoms with Crippen LogP contribution < -0.4 is 5.32 Å². The number of benzene rings is 1. The average Bonchev–Trinajstić information content (AvgIpc) is 2.85. The summed E-state index contributed by atoms with van der Waals surface area (Å²) in [5, 5.41) is 5.58. The SMILES string of the molecule is Cc1cc(-c2ccc(CCNc3nccc4cc(-c5ccccn5)ncc34)cc2)ccn1. The van der Waals surface area contributed by atoms with Crippen molar-refractivity contribution < 1.29 is 0 Å². The van der Waals surface area contributed by atoms with Crippen molar-refractivity contribution in [2.24, 2.45) is 0 Å². The Hall–Kier alpha value is -4.12. The van der Waals surface area contributed by atoms with Crippen LogP contribution in [0.3, 0.4) is 0 Å². The molecule has 32 heavy (non-hydrogen) atoms. The minimum atomic E-state index is 0.793. The second-order valence-electron chi connectivity index (χ2n) is 7.72. The Labute approximate surface area is 187 Å². The summed E-state index contributed by atoms with van der Waals surface area (Å²) in [6.45, 7) is 2.81. The second-order valence-corrected chi connectivity index (χ2v) is 7.72. The van der Waals surface area contributed by atoms with Gasteiger partial charge in [0.25, 0.3) is 0 Å². The summed E-state index contributed by atoms with van der Waals surface area (Å²) in [5.41, 5.74) is 6.44. The zero-order valence-corrected chi connectivity index (χ0v) is 17.9. The van der Waals surface area contributed by atoms with E-state index in [-0.39, 0.29) is 0 Å². The fourth-order valence-corrected chi connectivity index (χ4v) is 3.78. The van der Waals surface area contributed by atoms with Crippen molar-refractivity contribution in [2.45, 2.75) is 13.3 Å². The lowest BCUT2D eigenvalue weighted by Crippen LogP contribution is -2.06. The third-order valence-corrected chi connectivity index (χ3v) is 5.47. The van der Waals surface area contributed by atoms with E-state index in [4.69, 9.17) is 0 Å². The Morgan fingerprint density at radius 3 is 2.41 bits per heavy atom. The highest BCUT2D eigenvalue weighted by Gasteiger charge is 2.07. The van der Waals surface area contributed by atoms with E-state index in [2.05, 4.69) is 61.7 Å². The summed E-state index contributed by atoms with van der Waals surface area (Å²) in [4.78, 5) is 17.8. The van der Waals surface area contributed by atoms with E-state index in [0.29, 0.717) is 0 Å². The van der Waals surface area contributed by atoms with Gasteiger partial charge in [0, 0.05) is 42.4 Å². The summed E-state index contributed by atoms with van der Waals surface area (Å²) in [5.74, 6) is 0.853. The molecule has 0 bridgehead atoms. The Morgan fingerprint density at radius 1 is 0.719 bits per heavy atom. The van der Waals surface area contributed by atoms with Crippen LogP contribution in [0.15, 0.2) is 91.5 Å². The quantitative estimate of drug-likeness (QED) is 0.383. The van der Waals surface area contributed by atoms with E-state index in [0.717, 1.165) is 46.6 Å². The van der Waals surface area contributed by atoms with Gasteiger partial charge in [-0.25, -0.2) is 4.98 Å². The number of aryl methyl sites for hydroxylation is 1. The first kappa shape index (κ1) is 19.8. The molecule has 0 unspecified atom stereocenters. The third kappa shape index (κ3) is 4.32.